The van der Waals surface area contributed by atoms with Gasteiger partial charge >= 0.3 is 11.9 Å². The minimum atomic E-state index is -1.93. The first-order valence-electron chi connectivity index (χ1n) is 30.0. The number of esters is 2. The monoisotopic (exact) mass is 1150 g/mol. The van der Waals surface area contributed by atoms with Crippen molar-refractivity contribution in [2.24, 2.45) is 35.5 Å². The van der Waals surface area contributed by atoms with Gasteiger partial charge in [0.15, 0.2) is 24.2 Å². The van der Waals surface area contributed by atoms with Gasteiger partial charge in [-0.25, -0.2) is 9.59 Å². The Hall–Kier alpha value is -3.22. The Balaban J connectivity index is 1.38. The van der Waals surface area contributed by atoms with Crippen molar-refractivity contribution < 1.29 is 93.4 Å². The normalized spacial score (nSPS) is 43.1. The van der Waals surface area contributed by atoms with Crippen molar-refractivity contribution in [2.45, 2.75) is 269 Å². The fourth-order valence-corrected chi connectivity index (χ4v) is 12.4. The Morgan fingerprint density at radius 1 is 0.568 bits per heavy atom. The molecule has 0 saturated carbocycles. The number of carbonyl (C=O) groups excluding carboxylic acids is 2. The first-order valence-corrected chi connectivity index (χ1v) is 30.0. The minimum absolute atomic E-state index is 0.00838. The van der Waals surface area contributed by atoms with Crippen LogP contribution in [0, 0.1) is 35.5 Å². The summed E-state index contributed by atoms with van der Waals surface area (Å²) in [5, 5.41) is 101. The Labute approximate surface area is 480 Å². The van der Waals surface area contributed by atoms with E-state index in [-0.39, 0.29) is 43.9 Å². The first-order chi connectivity index (χ1) is 38.2. The zero-order chi connectivity index (χ0) is 60.1. The molecule has 81 heavy (non-hydrogen) atoms. The smallest absolute Gasteiger partial charge is 0.331 e. The van der Waals surface area contributed by atoms with E-state index in [2.05, 4.69) is 0 Å². The SMILES string of the molecule is CCC1=C/C=C/C(CC)C(C(C)C(O)CC2(O)CC(OC3OC(C)C(O)C(O)C3O)C(CC)C(C)O2)OC(=O)/C=C/C(CC)=C/C=C/C(CC)C(C(C)C(O)CC2(O)CC(OC3CC(O)C(O)C(C)O3)C(CC)C(C)O2)OC(=O)C=C1. The average molecular weight is 1150 g/mol. The summed E-state index contributed by atoms with van der Waals surface area (Å²) in [6.45, 7) is 22.0. The molecular formula is C62H100O19. The van der Waals surface area contributed by atoms with Crippen LogP contribution in [0.15, 0.2) is 71.9 Å². The molecule has 19 heteroatoms. The molecule has 0 aromatic carbocycles. The molecule has 5 heterocycles. The van der Waals surface area contributed by atoms with Crippen LogP contribution in [0.25, 0.3) is 0 Å². The summed E-state index contributed by atoms with van der Waals surface area (Å²) in [6, 6.07) is 0. The van der Waals surface area contributed by atoms with E-state index in [1.807, 2.05) is 84.9 Å². The maximum absolute atomic E-state index is 13.9. The third kappa shape index (κ3) is 18.4. The second-order valence-electron chi connectivity index (χ2n) is 23.5. The lowest BCUT2D eigenvalue weighted by atomic mass is 9.80. The summed E-state index contributed by atoms with van der Waals surface area (Å²) in [5.74, 6) is -7.80. The molecule has 25 atom stereocenters. The lowest BCUT2D eigenvalue weighted by Gasteiger charge is -2.48. The van der Waals surface area contributed by atoms with Gasteiger partial charge in [-0.3, -0.25) is 0 Å². The third-order valence-corrected chi connectivity index (χ3v) is 17.7. The second kappa shape index (κ2) is 31.3. The van der Waals surface area contributed by atoms with Crippen molar-refractivity contribution >= 4 is 11.9 Å². The molecule has 0 aromatic heterocycles. The van der Waals surface area contributed by atoms with Crippen LogP contribution >= 0.6 is 0 Å². The molecule has 19 nitrogen and oxygen atoms in total. The molecule has 462 valence electrons. The van der Waals surface area contributed by atoms with E-state index in [0.29, 0.717) is 38.5 Å². The second-order valence-corrected chi connectivity index (χ2v) is 23.5. The van der Waals surface area contributed by atoms with Gasteiger partial charge in [0.25, 0.3) is 0 Å². The molecule has 25 unspecified atom stereocenters. The number of allylic oxidation sites excluding steroid dienone is 8. The van der Waals surface area contributed by atoms with E-state index < -0.39 is 151 Å². The van der Waals surface area contributed by atoms with Gasteiger partial charge in [-0.1, -0.05) is 104 Å². The predicted octanol–water partition coefficient (Wildman–Crippen LogP) is 6.05. The van der Waals surface area contributed by atoms with Crippen LogP contribution in [0.2, 0.25) is 0 Å². The number of aliphatic hydroxyl groups excluding tert-OH is 7. The number of cyclic esters (lactones) is 2. The van der Waals surface area contributed by atoms with E-state index in [0.717, 1.165) is 11.1 Å². The zero-order valence-electron chi connectivity index (χ0n) is 49.9. The Bertz CT molecular complexity index is 2150. The standard InChI is InChI=1S/C62H100O19/c1-13-40-21-19-23-42(15-3)58(34(7)47(64)30-61(72)32-49(44(17-5)36(9)80-61)76-53-29-46(63)54(68)38(11)74-53)78-51(66)27-25-41(14-2)22-20-24-43(16-4)59(79-52(67)28-26-40)35(8)48(65)31-62(73)33-50(45(18-6)37(10)81-62)77-60-57(71)56(70)55(69)39(12)75-60/h19-28,34-39,42-50,53-60,63-65,68-73H,13-18,29-33H2,1-12H3/b23-19+,24-20+,27-25?,28-26+,40-21+,41-22?. The molecule has 0 amide bonds. The van der Waals surface area contributed by atoms with Gasteiger partial charge in [-0.15, -0.1) is 0 Å². The molecule has 5 rings (SSSR count). The molecule has 9 N–H and O–H groups in total. The average Bonchev–Trinajstić information content (AvgIpc) is 3.44. The zero-order valence-corrected chi connectivity index (χ0v) is 49.9. The van der Waals surface area contributed by atoms with Crippen molar-refractivity contribution in [3.63, 3.8) is 0 Å². The summed E-state index contributed by atoms with van der Waals surface area (Å²) in [7, 11) is 0. The molecule has 0 bridgehead atoms. The van der Waals surface area contributed by atoms with Crippen molar-refractivity contribution in [3.05, 3.63) is 71.9 Å². The number of aliphatic hydroxyl groups is 9. The molecule has 5 aliphatic heterocycles. The molecule has 0 radical (unpaired) electrons. The van der Waals surface area contributed by atoms with Crippen molar-refractivity contribution in [3.8, 4) is 0 Å². The van der Waals surface area contributed by atoms with E-state index in [9.17, 15) is 55.5 Å². The molecule has 0 aromatic rings. The van der Waals surface area contributed by atoms with E-state index >= 15 is 0 Å². The van der Waals surface area contributed by atoms with Gasteiger partial charge in [-0.2, -0.15) is 0 Å². The molecule has 4 saturated heterocycles. The fraction of sp³-hybridized carbons (Fsp3) is 0.774. The summed E-state index contributed by atoms with van der Waals surface area (Å²) >= 11 is 0. The highest BCUT2D eigenvalue weighted by atomic mass is 16.7. The molecule has 4 fully saturated rings. The fourth-order valence-electron chi connectivity index (χ4n) is 12.4. The maximum Gasteiger partial charge on any atom is 0.331 e. The van der Waals surface area contributed by atoms with Crippen molar-refractivity contribution in [1.82, 2.24) is 0 Å². The number of carbonyl (C=O) groups is 2. The third-order valence-electron chi connectivity index (χ3n) is 17.7. The predicted molar refractivity (Wildman–Crippen MR) is 301 cm³/mol. The van der Waals surface area contributed by atoms with E-state index in [4.69, 9.17) is 37.9 Å². The van der Waals surface area contributed by atoms with Crippen LogP contribution in [0.1, 0.15) is 154 Å². The Kier molecular flexibility index (Phi) is 26.5. The van der Waals surface area contributed by atoms with E-state index in [1.165, 1.54) is 12.2 Å². The van der Waals surface area contributed by atoms with Gasteiger partial charge < -0.3 is 83.9 Å². The molecule has 5 aliphatic rings. The van der Waals surface area contributed by atoms with Gasteiger partial charge in [0, 0.05) is 79.8 Å². The number of ether oxygens (including phenoxy) is 8. The largest absolute Gasteiger partial charge is 0.458 e. The van der Waals surface area contributed by atoms with Gasteiger partial charge in [0.2, 0.25) is 0 Å². The van der Waals surface area contributed by atoms with Crippen LogP contribution in [0.4, 0.5) is 0 Å². The van der Waals surface area contributed by atoms with Gasteiger partial charge in [0.05, 0.1) is 54.9 Å². The van der Waals surface area contributed by atoms with E-state index in [1.54, 1.807) is 46.8 Å². The lowest BCUT2D eigenvalue weighted by molar-refractivity contribution is -0.346. The van der Waals surface area contributed by atoms with Crippen LogP contribution in [-0.4, -0.2) is 174 Å². The first kappa shape index (κ1) is 68.6. The minimum Gasteiger partial charge on any atom is -0.458 e. The maximum atomic E-state index is 13.9. The summed E-state index contributed by atoms with van der Waals surface area (Å²) in [5.41, 5.74) is 1.52. The highest BCUT2D eigenvalue weighted by Crippen LogP contribution is 2.43. The Morgan fingerprint density at radius 3 is 1.41 bits per heavy atom. The molecule has 0 spiro atoms. The van der Waals surface area contributed by atoms with Crippen LogP contribution in [-0.2, 0) is 47.5 Å². The van der Waals surface area contributed by atoms with Crippen LogP contribution in [0.5, 0.6) is 0 Å². The summed E-state index contributed by atoms with van der Waals surface area (Å²) in [6.07, 6.45) is 2.96. The van der Waals surface area contributed by atoms with Crippen molar-refractivity contribution in [2.75, 3.05) is 0 Å². The van der Waals surface area contributed by atoms with Crippen LogP contribution < -0.4 is 0 Å². The van der Waals surface area contributed by atoms with Crippen molar-refractivity contribution in [1.29, 1.82) is 0 Å². The summed E-state index contributed by atoms with van der Waals surface area (Å²) in [4.78, 5) is 27.8. The highest BCUT2D eigenvalue weighted by Gasteiger charge is 2.52. The number of hydrogen-bond acceptors (Lipinski definition) is 19. The molecule has 0 aliphatic carbocycles. The lowest BCUT2D eigenvalue weighted by Crippen LogP contribution is -2.60. The molecular weight excluding hydrogens is 1050 g/mol. The quantitative estimate of drug-likeness (QED) is 0.0706. The topological polar surface area (TPSA) is 290 Å². The van der Waals surface area contributed by atoms with Gasteiger partial charge in [-0.05, 0) is 77.4 Å². The number of hydrogen-bond donors (Lipinski definition) is 9. The summed E-state index contributed by atoms with van der Waals surface area (Å²) < 4.78 is 49.3. The Morgan fingerprint density at radius 2 is 1.00 bits per heavy atom. The number of rotatable bonds is 18. The highest BCUT2D eigenvalue weighted by molar-refractivity contribution is 5.83. The van der Waals surface area contributed by atoms with Gasteiger partial charge in [0.1, 0.15) is 36.6 Å². The van der Waals surface area contributed by atoms with Crippen LogP contribution in [0.3, 0.4) is 0 Å².